The van der Waals surface area contributed by atoms with Crippen molar-refractivity contribution < 1.29 is 14.3 Å². The van der Waals surface area contributed by atoms with E-state index in [1.54, 1.807) is 13.0 Å². The lowest BCUT2D eigenvalue weighted by Crippen LogP contribution is -2.31. The summed E-state index contributed by atoms with van der Waals surface area (Å²) in [5.74, 6) is -0.513. The van der Waals surface area contributed by atoms with Crippen molar-refractivity contribution in [2.24, 2.45) is 0 Å². The number of nitrogens with zero attached hydrogens (tertiary/aromatic N) is 1. The largest absolute Gasteiger partial charge is 0.466 e. The van der Waals surface area contributed by atoms with Gasteiger partial charge in [0, 0.05) is 35.1 Å². The van der Waals surface area contributed by atoms with Gasteiger partial charge in [0.05, 0.1) is 19.1 Å². The van der Waals surface area contributed by atoms with Crippen LogP contribution < -0.4 is 5.32 Å². The molecule has 180 valence electrons. The third-order valence-electron chi connectivity index (χ3n) is 5.98. The highest BCUT2D eigenvalue weighted by molar-refractivity contribution is 6.31. The van der Waals surface area contributed by atoms with Crippen LogP contribution in [0.4, 0.5) is 0 Å². The van der Waals surface area contributed by atoms with Gasteiger partial charge < -0.3 is 14.6 Å². The lowest BCUT2D eigenvalue weighted by Gasteiger charge is -2.19. The van der Waals surface area contributed by atoms with Gasteiger partial charge in [-0.1, -0.05) is 78.3 Å². The average Bonchev–Trinajstić information content (AvgIpc) is 3.21. The van der Waals surface area contributed by atoms with Crippen LogP contribution in [0.1, 0.15) is 42.5 Å². The molecule has 4 rings (SSSR count). The van der Waals surface area contributed by atoms with E-state index in [-0.39, 0.29) is 24.9 Å². The molecule has 5 nitrogen and oxygen atoms in total. The fourth-order valence-electron chi connectivity index (χ4n) is 4.33. The third-order valence-corrected chi connectivity index (χ3v) is 6.32. The number of nitrogens with one attached hydrogen (secondary N) is 1. The number of benzene rings is 3. The standard InChI is InChI=1S/C29H29ClN2O3/c1-2-35-29(34)18-26(24-13-6-8-14-25(24)30)31-28(33)17-16-22-20-32(19-21-10-4-3-5-11-21)27-15-9-7-12-23(22)27/h3-15,20,26H,2,16-19H2,1H3,(H,31,33)/t26-/m0/s1. The highest BCUT2D eigenvalue weighted by Gasteiger charge is 2.21. The van der Waals surface area contributed by atoms with Gasteiger partial charge in [0.25, 0.3) is 0 Å². The Hall–Kier alpha value is -3.57. The molecule has 4 aromatic rings. The van der Waals surface area contributed by atoms with Gasteiger partial charge in [-0.05, 0) is 42.2 Å². The van der Waals surface area contributed by atoms with Crippen LogP contribution in [0.25, 0.3) is 10.9 Å². The zero-order chi connectivity index (χ0) is 24.6. The van der Waals surface area contributed by atoms with Crippen molar-refractivity contribution in [1.29, 1.82) is 0 Å². The minimum atomic E-state index is -0.547. The van der Waals surface area contributed by atoms with Crippen molar-refractivity contribution in [1.82, 2.24) is 9.88 Å². The monoisotopic (exact) mass is 488 g/mol. The van der Waals surface area contributed by atoms with Crippen LogP contribution in [0.3, 0.4) is 0 Å². The van der Waals surface area contributed by atoms with Crippen molar-refractivity contribution in [3.63, 3.8) is 0 Å². The van der Waals surface area contributed by atoms with Crippen molar-refractivity contribution in [3.8, 4) is 0 Å². The zero-order valence-electron chi connectivity index (χ0n) is 19.7. The van der Waals surface area contributed by atoms with Gasteiger partial charge in [-0.15, -0.1) is 0 Å². The van der Waals surface area contributed by atoms with Gasteiger partial charge in [-0.2, -0.15) is 0 Å². The minimum absolute atomic E-state index is 0.0275. The van der Waals surface area contributed by atoms with Crippen LogP contribution in [0.15, 0.2) is 85.1 Å². The molecule has 0 aliphatic heterocycles. The summed E-state index contributed by atoms with van der Waals surface area (Å²) in [5, 5.41) is 4.65. The summed E-state index contributed by atoms with van der Waals surface area (Å²) < 4.78 is 7.34. The summed E-state index contributed by atoms with van der Waals surface area (Å²) in [6.45, 7) is 2.81. The molecule has 1 N–H and O–H groups in total. The Bertz CT molecular complexity index is 1300. The first-order valence-corrected chi connectivity index (χ1v) is 12.2. The molecule has 1 heterocycles. The van der Waals surface area contributed by atoms with Crippen LogP contribution >= 0.6 is 11.6 Å². The molecule has 0 aliphatic carbocycles. The molecule has 0 unspecified atom stereocenters. The molecule has 1 atom stereocenters. The van der Waals surface area contributed by atoms with Crippen LogP contribution in [0.5, 0.6) is 0 Å². The molecule has 0 saturated heterocycles. The second-order valence-electron chi connectivity index (χ2n) is 8.44. The van der Waals surface area contributed by atoms with Crippen LogP contribution in [-0.2, 0) is 27.3 Å². The lowest BCUT2D eigenvalue weighted by molar-refractivity contribution is -0.143. The molecular weight excluding hydrogens is 460 g/mol. The molecule has 0 spiro atoms. The van der Waals surface area contributed by atoms with Crippen molar-refractivity contribution in [3.05, 3.63) is 107 Å². The Morgan fingerprint density at radius 2 is 1.69 bits per heavy atom. The summed E-state index contributed by atoms with van der Waals surface area (Å²) >= 11 is 6.36. The number of para-hydroxylation sites is 1. The van der Waals surface area contributed by atoms with Crippen molar-refractivity contribution in [2.45, 2.75) is 38.8 Å². The van der Waals surface area contributed by atoms with Gasteiger partial charge in [0.15, 0.2) is 0 Å². The second kappa shape index (κ2) is 11.7. The van der Waals surface area contributed by atoms with E-state index in [0.29, 0.717) is 23.4 Å². The van der Waals surface area contributed by atoms with Crippen LogP contribution in [-0.4, -0.2) is 23.1 Å². The average molecular weight is 489 g/mol. The predicted molar refractivity (Wildman–Crippen MR) is 139 cm³/mol. The maximum absolute atomic E-state index is 13.0. The number of aryl methyl sites for hydroxylation is 1. The fraction of sp³-hybridized carbons (Fsp3) is 0.241. The van der Waals surface area contributed by atoms with E-state index in [0.717, 1.165) is 23.0 Å². The first-order chi connectivity index (χ1) is 17.0. The highest BCUT2D eigenvalue weighted by Crippen LogP contribution is 2.27. The fourth-order valence-corrected chi connectivity index (χ4v) is 4.60. The molecule has 0 bridgehead atoms. The van der Waals surface area contributed by atoms with E-state index in [1.165, 1.54) is 5.56 Å². The Morgan fingerprint density at radius 1 is 0.971 bits per heavy atom. The lowest BCUT2D eigenvalue weighted by atomic mass is 10.0. The summed E-state index contributed by atoms with van der Waals surface area (Å²) in [4.78, 5) is 25.2. The first kappa shape index (κ1) is 24.6. The third kappa shape index (κ3) is 6.31. The highest BCUT2D eigenvalue weighted by atomic mass is 35.5. The van der Waals surface area contributed by atoms with E-state index in [9.17, 15) is 9.59 Å². The van der Waals surface area contributed by atoms with E-state index in [1.807, 2.05) is 48.5 Å². The summed E-state index contributed by atoms with van der Waals surface area (Å²) in [6, 6.07) is 25.3. The molecule has 3 aromatic carbocycles. The second-order valence-corrected chi connectivity index (χ2v) is 8.84. The quantitative estimate of drug-likeness (QED) is 0.275. The molecule has 0 fully saturated rings. The number of ether oxygens (including phenoxy) is 1. The molecule has 6 heteroatoms. The summed E-state index contributed by atoms with van der Waals surface area (Å²) in [7, 11) is 0. The molecule has 0 saturated carbocycles. The SMILES string of the molecule is CCOC(=O)C[C@H](NC(=O)CCc1cn(Cc2ccccc2)c2ccccc12)c1ccccc1Cl. The number of hydrogen-bond donors (Lipinski definition) is 1. The number of aromatic nitrogens is 1. The maximum atomic E-state index is 13.0. The van der Waals surface area contributed by atoms with Crippen LogP contribution in [0.2, 0.25) is 5.02 Å². The number of rotatable bonds is 10. The van der Waals surface area contributed by atoms with Gasteiger partial charge in [0.1, 0.15) is 0 Å². The number of halogens is 1. The van der Waals surface area contributed by atoms with Crippen molar-refractivity contribution in [2.75, 3.05) is 6.61 Å². The number of carbonyl (C=O) groups excluding carboxylic acids is 2. The number of esters is 1. The summed E-state index contributed by atoms with van der Waals surface area (Å²) in [6.07, 6.45) is 3.04. The number of carbonyl (C=O) groups is 2. The Balaban J connectivity index is 1.48. The normalized spacial score (nSPS) is 11.8. The molecule has 35 heavy (non-hydrogen) atoms. The van der Waals surface area contributed by atoms with Gasteiger partial charge in [-0.25, -0.2) is 0 Å². The van der Waals surface area contributed by atoms with Gasteiger partial charge >= 0.3 is 5.97 Å². The molecular formula is C29H29ClN2O3. The number of hydrogen-bond acceptors (Lipinski definition) is 3. The van der Waals surface area contributed by atoms with Gasteiger partial charge in [-0.3, -0.25) is 9.59 Å². The Morgan fingerprint density at radius 3 is 2.46 bits per heavy atom. The van der Waals surface area contributed by atoms with Crippen LogP contribution in [0, 0.1) is 0 Å². The Kier molecular flexibility index (Phi) is 8.22. The maximum Gasteiger partial charge on any atom is 0.308 e. The van der Waals surface area contributed by atoms with Gasteiger partial charge in [0.2, 0.25) is 5.91 Å². The zero-order valence-corrected chi connectivity index (χ0v) is 20.5. The summed E-state index contributed by atoms with van der Waals surface area (Å²) in [5.41, 5.74) is 4.18. The number of amides is 1. The smallest absolute Gasteiger partial charge is 0.308 e. The number of fused-ring (bicyclic) bond motifs is 1. The van der Waals surface area contributed by atoms with E-state index in [4.69, 9.17) is 16.3 Å². The molecule has 0 aliphatic rings. The Labute approximate surface area is 210 Å². The topological polar surface area (TPSA) is 60.3 Å². The van der Waals surface area contributed by atoms with E-state index < -0.39 is 6.04 Å². The van der Waals surface area contributed by atoms with Crippen molar-refractivity contribution >= 4 is 34.4 Å². The molecule has 1 aromatic heterocycles. The molecule has 1 amide bonds. The predicted octanol–water partition coefficient (Wildman–Crippen LogP) is 6.09. The van der Waals surface area contributed by atoms with E-state index in [2.05, 4.69) is 40.3 Å². The molecule has 0 radical (unpaired) electrons. The minimum Gasteiger partial charge on any atom is -0.466 e. The van der Waals surface area contributed by atoms with E-state index >= 15 is 0 Å². The first-order valence-electron chi connectivity index (χ1n) is 11.8.